The lowest BCUT2D eigenvalue weighted by Gasteiger charge is -2.19. The van der Waals surface area contributed by atoms with Gasteiger partial charge in [0.15, 0.2) is 0 Å². The fraction of sp³-hybridized carbons (Fsp3) is 0.227. The molecule has 164 valence electrons. The first kappa shape index (κ1) is 22.8. The lowest BCUT2D eigenvalue weighted by atomic mass is 9.87. The fourth-order valence-corrected chi connectivity index (χ4v) is 5.24. The Hall–Kier alpha value is -2.91. The van der Waals surface area contributed by atoms with Gasteiger partial charge in [0.1, 0.15) is 0 Å². The van der Waals surface area contributed by atoms with E-state index >= 15 is 0 Å². The molecule has 0 fully saturated rings. The molecule has 0 aliphatic rings. The minimum atomic E-state index is -4.12. The monoisotopic (exact) mass is 460 g/mol. The average molecular weight is 461 g/mol. The maximum Gasteiger partial charge on any atom is 0.267 e. The Morgan fingerprint density at radius 3 is 1.97 bits per heavy atom. The molecule has 0 unspecified atom stereocenters. The first-order valence-electron chi connectivity index (χ1n) is 9.49. The van der Waals surface area contributed by atoms with Crippen LogP contribution in [0.4, 0.5) is 0 Å². The predicted octanol–water partition coefficient (Wildman–Crippen LogP) is 3.45. The maximum absolute atomic E-state index is 12.8. The van der Waals surface area contributed by atoms with Crippen LogP contribution in [0.15, 0.2) is 76.8 Å². The Bertz CT molecular complexity index is 1320. The summed E-state index contributed by atoms with van der Waals surface area (Å²) >= 11 is 0. The van der Waals surface area contributed by atoms with E-state index in [0.29, 0.717) is 5.56 Å². The number of carbonyl (C=O) groups excluding carboxylic acids is 1. The topological polar surface area (TPSA) is 102 Å². The molecule has 1 N–H and O–H groups in total. The van der Waals surface area contributed by atoms with E-state index in [1.807, 2.05) is 25.5 Å². The highest BCUT2D eigenvalue weighted by molar-refractivity contribution is 7.90. The molecule has 0 radical (unpaired) electrons. The number of rotatable bonds is 5. The summed E-state index contributed by atoms with van der Waals surface area (Å²) in [5, 5.41) is 0. The molecule has 1 amide bonds. The number of carbonyl (C=O) groups is 1. The molecule has 1 heterocycles. The van der Waals surface area contributed by atoms with E-state index in [9.17, 15) is 21.6 Å². The number of aromatic nitrogens is 1. The molecule has 2 aromatic carbocycles. The summed E-state index contributed by atoms with van der Waals surface area (Å²) < 4.78 is 53.8. The van der Waals surface area contributed by atoms with Crippen molar-refractivity contribution < 1.29 is 21.6 Å². The lowest BCUT2D eigenvalue weighted by molar-refractivity contribution is 0.0981. The van der Waals surface area contributed by atoms with Crippen molar-refractivity contribution in [1.29, 1.82) is 0 Å². The van der Waals surface area contributed by atoms with Crippen LogP contribution in [-0.2, 0) is 25.5 Å². The van der Waals surface area contributed by atoms with Crippen LogP contribution in [0.2, 0.25) is 0 Å². The van der Waals surface area contributed by atoms with E-state index in [0.717, 1.165) is 15.7 Å². The minimum Gasteiger partial charge on any atom is -0.268 e. The smallest absolute Gasteiger partial charge is 0.267 e. The molecule has 7 nitrogen and oxygen atoms in total. The Kier molecular flexibility index (Phi) is 5.86. The molecule has 0 bridgehead atoms. The minimum absolute atomic E-state index is 0.0469. The number of benzene rings is 2. The number of aryl methyl sites for hydroxylation is 1. The van der Waals surface area contributed by atoms with E-state index in [2.05, 4.69) is 0 Å². The zero-order valence-corrected chi connectivity index (χ0v) is 19.3. The normalized spacial score (nSPS) is 12.5. The second-order valence-electron chi connectivity index (χ2n) is 8.21. The number of hydrogen-bond acceptors (Lipinski definition) is 5. The summed E-state index contributed by atoms with van der Waals surface area (Å²) in [6, 6.07) is 14.0. The third-order valence-electron chi connectivity index (χ3n) is 4.82. The highest BCUT2D eigenvalue weighted by Gasteiger charge is 2.24. The number of nitrogens with one attached hydrogen (secondary N) is 1. The van der Waals surface area contributed by atoms with Gasteiger partial charge in [-0.15, -0.1) is 0 Å². The summed E-state index contributed by atoms with van der Waals surface area (Å²) in [5.41, 5.74) is 1.09. The number of nitrogens with zero attached hydrogens (tertiary/aromatic N) is 1. The largest absolute Gasteiger partial charge is 0.268 e. The third-order valence-corrected chi connectivity index (χ3v) is 7.80. The van der Waals surface area contributed by atoms with Gasteiger partial charge >= 0.3 is 0 Å². The van der Waals surface area contributed by atoms with Gasteiger partial charge in [0.2, 0.25) is 0 Å². The molecule has 9 heteroatoms. The Morgan fingerprint density at radius 1 is 0.839 bits per heavy atom. The summed E-state index contributed by atoms with van der Waals surface area (Å²) in [6.45, 7) is 7.57. The van der Waals surface area contributed by atoms with Crippen LogP contribution in [0, 0.1) is 6.92 Å². The molecule has 0 aliphatic heterocycles. The second kappa shape index (κ2) is 7.97. The van der Waals surface area contributed by atoms with Gasteiger partial charge in [-0.2, -0.15) is 0 Å². The third kappa shape index (κ3) is 4.72. The Balaban J connectivity index is 1.87. The molecular weight excluding hydrogens is 436 g/mol. The van der Waals surface area contributed by atoms with Crippen LogP contribution in [0.1, 0.15) is 42.3 Å². The van der Waals surface area contributed by atoms with Crippen molar-refractivity contribution in [3.05, 3.63) is 83.7 Å². The molecule has 0 atom stereocenters. The summed E-state index contributed by atoms with van der Waals surface area (Å²) in [6.07, 6.45) is 2.40. The van der Waals surface area contributed by atoms with E-state index in [1.165, 1.54) is 37.4 Å². The molecule has 0 saturated carbocycles. The first-order valence-corrected chi connectivity index (χ1v) is 12.4. The SMILES string of the molecule is Cc1cn(S(=O)(=O)c2ccccc2)cc1C(=O)NS(=O)(=O)c1ccc(C(C)(C)C)cc1. The van der Waals surface area contributed by atoms with E-state index in [1.54, 1.807) is 30.3 Å². The van der Waals surface area contributed by atoms with Crippen molar-refractivity contribution >= 4 is 26.0 Å². The first-order chi connectivity index (χ1) is 14.3. The zero-order valence-electron chi connectivity index (χ0n) is 17.7. The summed E-state index contributed by atoms with van der Waals surface area (Å²) in [5.74, 6) is -0.903. The number of hydrogen-bond donors (Lipinski definition) is 1. The van der Waals surface area contributed by atoms with Gasteiger partial charge in [0.25, 0.3) is 26.0 Å². The zero-order chi connectivity index (χ0) is 23.0. The summed E-state index contributed by atoms with van der Waals surface area (Å²) in [4.78, 5) is 12.7. The van der Waals surface area contributed by atoms with Crippen LogP contribution in [-0.4, -0.2) is 26.7 Å². The molecule has 3 aromatic rings. The standard InChI is InChI=1S/C22H24N2O5S2/c1-16-14-24(31(28,29)19-8-6-5-7-9-19)15-20(16)21(25)23-30(26,27)18-12-10-17(11-13-18)22(2,3)4/h5-15H,1-4H3,(H,23,25). The van der Waals surface area contributed by atoms with E-state index in [-0.39, 0.29) is 20.8 Å². The fourth-order valence-electron chi connectivity index (χ4n) is 2.99. The quantitative estimate of drug-likeness (QED) is 0.628. The highest BCUT2D eigenvalue weighted by Crippen LogP contribution is 2.24. The van der Waals surface area contributed by atoms with Gasteiger partial charge in [-0.25, -0.2) is 25.5 Å². The lowest BCUT2D eigenvalue weighted by Crippen LogP contribution is -2.30. The van der Waals surface area contributed by atoms with Crippen LogP contribution >= 0.6 is 0 Å². The molecule has 0 aliphatic carbocycles. The molecule has 0 spiro atoms. The second-order valence-corrected chi connectivity index (χ2v) is 11.7. The number of sulfonamides is 1. The predicted molar refractivity (Wildman–Crippen MR) is 118 cm³/mol. The van der Waals surface area contributed by atoms with Gasteiger partial charge in [0.05, 0.1) is 15.4 Å². The van der Waals surface area contributed by atoms with E-state index in [4.69, 9.17) is 0 Å². The Morgan fingerprint density at radius 2 is 1.42 bits per heavy atom. The average Bonchev–Trinajstić information content (AvgIpc) is 3.10. The van der Waals surface area contributed by atoms with Crippen molar-refractivity contribution in [2.45, 2.75) is 42.9 Å². The van der Waals surface area contributed by atoms with Crippen LogP contribution in [0.5, 0.6) is 0 Å². The van der Waals surface area contributed by atoms with Crippen molar-refractivity contribution in [3.8, 4) is 0 Å². The van der Waals surface area contributed by atoms with Crippen molar-refractivity contribution in [2.24, 2.45) is 0 Å². The highest BCUT2D eigenvalue weighted by atomic mass is 32.2. The van der Waals surface area contributed by atoms with Gasteiger partial charge in [0, 0.05) is 12.4 Å². The van der Waals surface area contributed by atoms with Gasteiger partial charge in [-0.05, 0) is 47.7 Å². The maximum atomic E-state index is 12.8. The van der Waals surface area contributed by atoms with Crippen molar-refractivity contribution in [1.82, 2.24) is 8.69 Å². The van der Waals surface area contributed by atoms with Crippen molar-refractivity contribution in [2.75, 3.05) is 0 Å². The van der Waals surface area contributed by atoms with Gasteiger partial charge in [-0.1, -0.05) is 51.1 Å². The molecular formula is C22H24N2O5S2. The number of amides is 1. The van der Waals surface area contributed by atoms with Gasteiger partial charge in [-0.3, -0.25) is 4.79 Å². The van der Waals surface area contributed by atoms with E-state index < -0.39 is 26.0 Å². The van der Waals surface area contributed by atoms with Crippen molar-refractivity contribution in [3.63, 3.8) is 0 Å². The molecule has 0 saturated heterocycles. The molecule has 31 heavy (non-hydrogen) atoms. The van der Waals surface area contributed by atoms with Crippen LogP contribution in [0.25, 0.3) is 0 Å². The summed E-state index contributed by atoms with van der Waals surface area (Å²) in [7, 11) is -8.02. The Labute approximate surface area is 182 Å². The van der Waals surface area contributed by atoms with Crippen LogP contribution < -0.4 is 4.72 Å². The molecule has 3 rings (SSSR count). The molecule has 1 aromatic heterocycles. The van der Waals surface area contributed by atoms with Crippen LogP contribution in [0.3, 0.4) is 0 Å². The van der Waals surface area contributed by atoms with Gasteiger partial charge < -0.3 is 0 Å².